The maximum Gasteiger partial charge on any atom is 0.127 e. The molecule has 4 rings (SSSR count). The summed E-state index contributed by atoms with van der Waals surface area (Å²) in [5.74, 6) is 1.76. The average Bonchev–Trinajstić information content (AvgIpc) is 3.04. The molecule has 0 aliphatic heterocycles. The monoisotopic (exact) mass is 443 g/mol. The molecule has 0 amide bonds. The number of aromatic nitrogens is 2. The number of aryl methyl sites for hydroxylation is 2. The van der Waals surface area contributed by atoms with E-state index in [1.807, 2.05) is 38.0 Å². The number of rotatable bonds is 9. The van der Waals surface area contributed by atoms with E-state index in [0.717, 1.165) is 41.3 Å². The van der Waals surface area contributed by atoms with Crippen LogP contribution in [-0.4, -0.2) is 48.5 Å². The van der Waals surface area contributed by atoms with Gasteiger partial charge in [0.1, 0.15) is 18.1 Å². The van der Waals surface area contributed by atoms with E-state index >= 15 is 0 Å². The summed E-state index contributed by atoms with van der Waals surface area (Å²) in [5.41, 5.74) is 5.72. The van der Waals surface area contributed by atoms with Crippen LogP contribution in [0.5, 0.6) is 11.5 Å². The molecular formula is C28H33N3O2. The first-order valence-electron chi connectivity index (χ1n) is 11.5. The second kappa shape index (κ2) is 10.1. The van der Waals surface area contributed by atoms with Crippen molar-refractivity contribution in [3.05, 3.63) is 77.6 Å². The van der Waals surface area contributed by atoms with Gasteiger partial charge in [-0.3, -0.25) is 4.68 Å². The lowest BCUT2D eigenvalue weighted by atomic mass is 9.97. The van der Waals surface area contributed by atoms with Gasteiger partial charge in [0.05, 0.1) is 12.3 Å². The van der Waals surface area contributed by atoms with Crippen molar-refractivity contribution in [3.8, 4) is 22.6 Å². The van der Waals surface area contributed by atoms with Crippen LogP contribution in [-0.2, 0) is 13.5 Å². The minimum absolute atomic E-state index is 0.595. The zero-order valence-electron chi connectivity index (χ0n) is 20.3. The van der Waals surface area contributed by atoms with Crippen LogP contribution in [0.1, 0.15) is 17.0 Å². The molecule has 172 valence electrons. The van der Waals surface area contributed by atoms with E-state index < -0.39 is 0 Å². The van der Waals surface area contributed by atoms with E-state index in [4.69, 9.17) is 9.47 Å². The highest BCUT2D eigenvalue weighted by Gasteiger charge is 2.14. The Morgan fingerprint density at radius 1 is 0.909 bits per heavy atom. The highest BCUT2D eigenvalue weighted by Crippen LogP contribution is 2.38. The van der Waals surface area contributed by atoms with Crippen LogP contribution in [0.2, 0.25) is 0 Å². The first-order valence-corrected chi connectivity index (χ1v) is 11.5. The van der Waals surface area contributed by atoms with E-state index in [1.54, 1.807) is 0 Å². The van der Waals surface area contributed by atoms with Crippen LogP contribution in [0, 0.1) is 13.8 Å². The summed E-state index contributed by atoms with van der Waals surface area (Å²) in [5, 5.41) is 6.90. The first-order chi connectivity index (χ1) is 15.9. The fraction of sp³-hybridized carbons (Fsp3) is 0.321. The lowest BCUT2D eigenvalue weighted by Gasteiger charge is -2.16. The quantitative estimate of drug-likeness (QED) is 0.346. The molecule has 0 saturated heterocycles. The number of hydrogen-bond donors (Lipinski definition) is 0. The van der Waals surface area contributed by atoms with Gasteiger partial charge in [-0.2, -0.15) is 5.10 Å². The van der Waals surface area contributed by atoms with Crippen LogP contribution in [0.4, 0.5) is 0 Å². The summed E-state index contributed by atoms with van der Waals surface area (Å²) < 4.78 is 14.3. The number of nitrogens with zero attached hydrogens (tertiary/aromatic N) is 3. The molecule has 0 saturated carbocycles. The zero-order chi connectivity index (χ0) is 23.4. The SMILES string of the molecule is Cc1nn(C)c(C)c1CCOc1ccc2ccccc2c1-c1cccc(OCCN(C)C)c1. The number of benzene rings is 3. The van der Waals surface area contributed by atoms with Crippen molar-refractivity contribution in [2.45, 2.75) is 20.3 Å². The minimum Gasteiger partial charge on any atom is -0.493 e. The molecule has 1 heterocycles. The molecule has 0 atom stereocenters. The van der Waals surface area contributed by atoms with Crippen LogP contribution >= 0.6 is 0 Å². The number of ether oxygens (including phenoxy) is 2. The maximum absolute atomic E-state index is 6.39. The standard InChI is InChI=1S/C28H33N3O2/c1-20-25(21(2)31(5)29-20)15-17-33-27-14-13-22-9-6-7-12-26(22)28(27)23-10-8-11-24(19-23)32-18-16-30(3)4/h6-14,19H,15-18H2,1-5H3. The van der Waals surface area contributed by atoms with E-state index in [0.29, 0.717) is 13.2 Å². The maximum atomic E-state index is 6.39. The Hall–Kier alpha value is -3.31. The fourth-order valence-corrected chi connectivity index (χ4v) is 4.20. The lowest BCUT2D eigenvalue weighted by molar-refractivity contribution is 0.261. The van der Waals surface area contributed by atoms with E-state index in [2.05, 4.69) is 72.4 Å². The summed E-state index contributed by atoms with van der Waals surface area (Å²) in [6.07, 6.45) is 0.825. The Morgan fingerprint density at radius 3 is 2.48 bits per heavy atom. The van der Waals surface area contributed by atoms with Gasteiger partial charge < -0.3 is 14.4 Å². The molecule has 0 aliphatic rings. The largest absolute Gasteiger partial charge is 0.493 e. The third kappa shape index (κ3) is 5.20. The van der Waals surface area contributed by atoms with Gasteiger partial charge in [-0.05, 0) is 68.0 Å². The van der Waals surface area contributed by atoms with Crippen LogP contribution in [0.3, 0.4) is 0 Å². The lowest BCUT2D eigenvalue weighted by Crippen LogP contribution is -2.19. The molecular weight excluding hydrogens is 410 g/mol. The van der Waals surface area contributed by atoms with Gasteiger partial charge in [0.15, 0.2) is 0 Å². The molecule has 0 bridgehead atoms. The predicted octanol–water partition coefficient (Wildman–Crippen LogP) is 5.42. The second-order valence-corrected chi connectivity index (χ2v) is 8.71. The van der Waals surface area contributed by atoms with Crippen LogP contribution < -0.4 is 9.47 Å². The van der Waals surface area contributed by atoms with Crippen molar-refractivity contribution in [2.24, 2.45) is 7.05 Å². The molecule has 0 fully saturated rings. The van der Waals surface area contributed by atoms with E-state index in [-0.39, 0.29) is 0 Å². The van der Waals surface area contributed by atoms with Crippen molar-refractivity contribution >= 4 is 10.8 Å². The molecule has 4 aromatic rings. The van der Waals surface area contributed by atoms with Gasteiger partial charge in [0.25, 0.3) is 0 Å². The molecule has 1 aromatic heterocycles. The number of likely N-dealkylation sites (N-methyl/N-ethyl adjacent to an activating group) is 1. The summed E-state index contributed by atoms with van der Waals surface area (Å²) in [6.45, 7) is 6.29. The molecule has 33 heavy (non-hydrogen) atoms. The van der Waals surface area contributed by atoms with Crippen molar-refractivity contribution in [2.75, 3.05) is 33.9 Å². The van der Waals surface area contributed by atoms with Gasteiger partial charge in [0.2, 0.25) is 0 Å². The average molecular weight is 444 g/mol. The van der Waals surface area contributed by atoms with Gasteiger partial charge in [-0.25, -0.2) is 0 Å². The first kappa shape index (κ1) is 22.9. The highest BCUT2D eigenvalue weighted by molar-refractivity contribution is 5.99. The molecule has 0 aliphatic carbocycles. The Bertz CT molecular complexity index is 1240. The summed E-state index contributed by atoms with van der Waals surface area (Å²) in [4.78, 5) is 2.12. The molecule has 5 nitrogen and oxygen atoms in total. The molecule has 0 unspecified atom stereocenters. The Labute approximate surface area is 196 Å². The molecule has 3 aromatic carbocycles. The number of fused-ring (bicyclic) bond motifs is 1. The van der Waals surface area contributed by atoms with Crippen molar-refractivity contribution in [1.82, 2.24) is 14.7 Å². The number of hydrogen-bond acceptors (Lipinski definition) is 4. The predicted molar refractivity (Wildman–Crippen MR) is 135 cm³/mol. The normalized spacial score (nSPS) is 11.3. The topological polar surface area (TPSA) is 39.5 Å². The Morgan fingerprint density at radius 2 is 1.73 bits per heavy atom. The smallest absolute Gasteiger partial charge is 0.127 e. The third-order valence-corrected chi connectivity index (χ3v) is 6.09. The molecule has 0 N–H and O–H groups in total. The van der Waals surface area contributed by atoms with Gasteiger partial charge in [-0.15, -0.1) is 0 Å². The van der Waals surface area contributed by atoms with Crippen LogP contribution in [0.15, 0.2) is 60.7 Å². The van der Waals surface area contributed by atoms with Crippen LogP contribution in [0.25, 0.3) is 21.9 Å². The van der Waals surface area contributed by atoms with Gasteiger partial charge in [-0.1, -0.05) is 42.5 Å². The third-order valence-electron chi connectivity index (χ3n) is 6.09. The zero-order valence-corrected chi connectivity index (χ0v) is 20.3. The van der Waals surface area contributed by atoms with Crippen molar-refractivity contribution in [3.63, 3.8) is 0 Å². The van der Waals surface area contributed by atoms with Crippen molar-refractivity contribution in [1.29, 1.82) is 0 Å². The minimum atomic E-state index is 0.595. The van der Waals surface area contributed by atoms with E-state index in [1.165, 1.54) is 22.0 Å². The molecule has 0 radical (unpaired) electrons. The summed E-state index contributed by atoms with van der Waals surface area (Å²) in [7, 11) is 6.09. The fourth-order valence-electron chi connectivity index (χ4n) is 4.20. The summed E-state index contributed by atoms with van der Waals surface area (Å²) >= 11 is 0. The van der Waals surface area contributed by atoms with E-state index in [9.17, 15) is 0 Å². The van der Waals surface area contributed by atoms with Gasteiger partial charge in [0, 0.05) is 31.3 Å². The highest BCUT2D eigenvalue weighted by atomic mass is 16.5. The summed E-state index contributed by atoms with van der Waals surface area (Å²) in [6, 6.07) is 21.0. The molecule has 5 heteroatoms. The second-order valence-electron chi connectivity index (χ2n) is 8.71. The Balaban J connectivity index is 1.63. The van der Waals surface area contributed by atoms with Gasteiger partial charge >= 0.3 is 0 Å². The van der Waals surface area contributed by atoms with Crippen molar-refractivity contribution < 1.29 is 9.47 Å². The molecule has 0 spiro atoms. The Kier molecular flexibility index (Phi) is 6.99.